The minimum Gasteiger partial charge on any atom is -0.299 e. The second-order valence-electron chi connectivity index (χ2n) is 9.18. The first kappa shape index (κ1) is 23.7. The molecule has 5 rings (SSSR count). The number of rotatable bonds is 6. The highest BCUT2D eigenvalue weighted by atomic mass is 32.2. The summed E-state index contributed by atoms with van der Waals surface area (Å²) in [5.74, 6) is -2.94. The van der Waals surface area contributed by atoms with Crippen molar-refractivity contribution in [3.05, 3.63) is 64.5 Å². The van der Waals surface area contributed by atoms with Crippen LogP contribution in [0.4, 0.5) is 4.39 Å². The summed E-state index contributed by atoms with van der Waals surface area (Å²) in [5, 5.41) is 2.15. The zero-order valence-corrected chi connectivity index (χ0v) is 20.0. The minimum atomic E-state index is -1.12. The maximum absolute atomic E-state index is 14.6. The largest absolute Gasteiger partial charge is 0.299 e. The van der Waals surface area contributed by atoms with E-state index < -0.39 is 35.5 Å². The maximum atomic E-state index is 14.6. The molecule has 0 aliphatic carbocycles. The molecule has 1 unspecified atom stereocenters. The lowest BCUT2D eigenvalue weighted by molar-refractivity contribution is -0.136. The van der Waals surface area contributed by atoms with Gasteiger partial charge in [-0.1, -0.05) is 30.7 Å². The van der Waals surface area contributed by atoms with Gasteiger partial charge >= 0.3 is 0 Å². The Morgan fingerprint density at radius 2 is 1.57 bits per heavy atom. The highest BCUT2D eigenvalue weighted by molar-refractivity contribution is 7.98. The number of halogens is 1. The lowest BCUT2D eigenvalue weighted by atomic mass is 10.0. The molecular formula is C26H26FN3O4S. The van der Waals surface area contributed by atoms with Crippen LogP contribution in [-0.2, 0) is 21.9 Å². The van der Waals surface area contributed by atoms with Gasteiger partial charge < -0.3 is 0 Å². The van der Waals surface area contributed by atoms with E-state index in [0.717, 1.165) is 30.1 Å². The molecule has 2 aromatic rings. The van der Waals surface area contributed by atoms with E-state index >= 15 is 0 Å². The van der Waals surface area contributed by atoms with E-state index in [0.29, 0.717) is 10.6 Å². The van der Waals surface area contributed by atoms with E-state index in [4.69, 9.17) is 0 Å². The van der Waals surface area contributed by atoms with Gasteiger partial charge in [-0.2, -0.15) is 0 Å². The Bertz CT molecular complexity index is 1190. The molecule has 1 N–H and O–H groups in total. The van der Waals surface area contributed by atoms with E-state index in [1.165, 1.54) is 48.7 Å². The number of hydrogen-bond donors (Lipinski definition) is 1. The second kappa shape index (κ2) is 9.91. The molecule has 0 spiro atoms. The zero-order valence-electron chi connectivity index (χ0n) is 19.2. The molecule has 182 valence electrons. The number of likely N-dealkylation sites (tertiary alicyclic amines) is 1. The highest BCUT2D eigenvalue weighted by Gasteiger charge is 2.47. The number of carbonyl (C=O) groups excluding carboxylic acids is 4. The summed E-state index contributed by atoms with van der Waals surface area (Å²) in [6.45, 7) is 3.21. The lowest BCUT2D eigenvalue weighted by Gasteiger charge is -2.27. The normalized spacial score (nSPS) is 20.8. The Hall–Kier alpha value is -3.04. The van der Waals surface area contributed by atoms with Crippen LogP contribution in [-0.4, -0.2) is 52.6 Å². The summed E-state index contributed by atoms with van der Waals surface area (Å²) < 4.78 is 14.6. The van der Waals surface area contributed by atoms with Crippen molar-refractivity contribution in [2.75, 3.05) is 13.1 Å². The summed E-state index contributed by atoms with van der Waals surface area (Å²) in [5.41, 5.74) is 1.99. The molecule has 3 aliphatic heterocycles. The van der Waals surface area contributed by atoms with Crippen LogP contribution in [0.3, 0.4) is 0 Å². The minimum absolute atomic E-state index is 0.00795. The molecule has 4 amide bonds. The van der Waals surface area contributed by atoms with Crippen LogP contribution < -0.4 is 5.32 Å². The third-order valence-electron chi connectivity index (χ3n) is 6.78. The number of nitrogens with zero attached hydrogens (tertiary/aromatic N) is 2. The Balaban J connectivity index is 1.30. The van der Waals surface area contributed by atoms with Crippen LogP contribution in [0.1, 0.15) is 63.9 Å². The van der Waals surface area contributed by atoms with Gasteiger partial charge in [-0.05, 0) is 55.6 Å². The summed E-state index contributed by atoms with van der Waals surface area (Å²) >= 11 is 1.35. The van der Waals surface area contributed by atoms with Crippen LogP contribution in [0.25, 0.3) is 0 Å². The Morgan fingerprint density at radius 1 is 0.886 bits per heavy atom. The first-order chi connectivity index (χ1) is 16.9. The van der Waals surface area contributed by atoms with Crippen molar-refractivity contribution in [3.8, 4) is 0 Å². The zero-order chi connectivity index (χ0) is 24.5. The Labute approximate surface area is 207 Å². The number of fused-ring (bicyclic) bond motifs is 1. The van der Waals surface area contributed by atoms with E-state index in [9.17, 15) is 23.6 Å². The fourth-order valence-electron chi connectivity index (χ4n) is 4.92. The fourth-order valence-corrected chi connectivity index (χ4v) is 5.93. The number of hydrogen-bond acceptors (Lipinski definition) is 6. The summed E-state index contributed by atoms with van der Waals surface area (Å²) in [4.78, 5) is 53.7. The standard InChI is InChI=1S/C26H26FN3O4S/c27-18-8-10-20(35-15-17-6-4-16(5-7-17)14-29-12-2-1-3-13-29)23-22(18)25(33)30(26(23)34)19-9-11-21(31)28-24(19)32/h4-8,10,19H,1-3,9,11-15H2,(H,28,31,32). The van der Waals surface area contributed by atoms with E-state index in [1.807, 2.05) is 0 Å². The number of thioether (sulfide) groups is 1. The topological polar surface area (TPSA) is 86.8 Å². The van der Waals surface area contributed by atoms with Gasteiger partial charge in [-0.3, -0.25) is 34.3 Å². The van der Waals surface area contributed by atoms with Crippen LogP contribution in [0.2, 0.25) is 0 Å². The lowest BCUT2D eigenvalue weighted by Crippen LogP contribution is -2.54. The first-order valence-corrected chi connectivity index (χ1v) is 12.9. The fraction of sp³-hybridized carbons (Fsp3) is 0.385. The van der Waals surface area contributed by atoms with E-state index in [1.54, 1.807) is 0 Å². The molecule has 0 radical (unpaired) electrons. The first-order valence-electron chi connectivity index (χ1n) is 11.9. The maximum Gasteiger partial charge on any atom is 0.265 e. The van der Waals surface area contributed by atoms with Crippen molar-refractivity contribution in [2.24, 2.45) is 0 Å². The molecule has 9 heteroatoms. The average molecular weight is 496 g/mol. The predicted molar refractivity (Wildman–Crippen MR) is 128 cm³/mol. The molecule has 3 aliphatic rings. The van der Waals surface area contributed by atoms with Gasteiger partial charge in [0.2, 0.25) is 11.8 Å². The van der Waals surface area contributed by atoms with Crippen molar-refractivity contribution < 1.29 is 23.6 Å². The number of nitrogens with one attached hydrogen (secondary N) is 1. The van der Waals surface area contributed by atoms with Crippen molar-refractivity contribution in [2.45, 2.75) is 55.3 Å². The SMILES string of the molecule is O=C1CCC(N2C(=O)c3c(F)ccc(SCc4ccc(CN5CCCCC5)cc4)c3C2=O)C(=O)N1. The number of piperidine rings is 2. The van der Waals surface area contributed by atoms with Crippen LogP contribution in [0.15, 0.2) is 41.3 Å². The molecule has 0 bridgehead atoms. The molecule has 2 saturated heterocycles. The third-order valence-corrected chi connectivity index (χ3v) is 7.90. The number of carbonyl (C=O) groups is 4. The third kappa shape index (κ3) is 4.75. The van der Waals surface area contributed by atoms with Crippen molar-refractivity contribution in [1.82, 2.24) is 15.1 Å². The van der Waals surface area contributed by atoms with Crippen LogP contribution in [0.5, 0.6) is 0 Å². The predicted octanol–water partition coefficient (Wildman–Crippen LogP) is 3.51. The Morgan fingerprint density at radius 3 is 2.29 bits per heavy atom. The molecule has 0 aromatic heterocycles. The molecule has 35 heavy (non-hydrogen) atoms. The molecule has 3 heterocycles. The van der Waals surface area contributed by atoms with Gasteiger partial charge in [0.05, 0.1) is 11.1 Å². The van der Waals surface area contributed by atoms with Gasteiger partial charge in [-0.25, -0.2) is 4.39 Å². The molecule has 1 atom stereocenters. The van der Waals surface area contributed by atoms with Crippen molar-refractivity contribution in [3.63, 3.8) is 0 Å². The Kier molecular flexibility index (Phi) is 6.71. The smallest absolute Gasteiger partial charge is 0.265 e. The van der Waals surface area contributed by atoms with Crippen molar-refractivity contribution >= 4 is 35.4 Å². The number of benzene rings is 2. The molecular weight excluding hydrogens is 469 g/mol. The van der Waals surface area contributed by atoms with E-state index in [2.05, 4.69) is 34.5 Å². The van der Waals surface area contributed by atoms with Gasteiger partial charge in [0, 0.05) is 23.6 Å². The van der Waals surface area contributed by atoms with Crippen LogP contribution in [0, 0.1) is 5.82 Å². The number of imide groups is 2. The van der Waals surface area contributed by atoms with Gasteiger partial charge in [0.1, 0.15) is 11.9 Å². The van der Waals surface area contributed by atoms with Gasteiger partial charge in [-0.15, -0.1) is 11.8 Å². The summed E-state index contributed by atoms with van der Waals surface area (Å²) in [7, 11) is 0. The van der Waals surface area contributed by atoms with Gasteiger partial charge in [0.25, 0.3) is 11.8 Å². The van der Waals surface area contributed by atoms with Crippen molar-refractivity contribution in [1.29, 1.82) is 0 Å². The quantitative estimate of drug-likeness (QED) is 0.488. The number of amides is 4. The molecule has 2 fully saturated rings. The van der Waals surface area contributed by atoms with E-state index in [-0.39, 0.29) is 24.0 Å². The molecule has 7 nitrogen and oxygen atoms in total. The monoisotopic (exact) mass is 495 g/mol. The highest BCUT2D eigenvalue weighted by Crippen LogP contribution is 2.37. The molecule has 0 saturated carbocycles. The van der Waals surface area contributed by atoms with Gasteiger partial charge in [0.15, 0.2) is 0 Å². The molecule has 2 aromatic carbocycles. The summed E-state index contributed by atoms with van der Waals surface area (Å²) in [6.07, 6.45) is 3.85. The average Bonchev–Trinajstić information content (AvgIpc) is 3.11. The van der Waals surface area contributed by atoms with Crippen LogP contribution >= 0.6 is 11.8 Å². The summed E-state index contributed by atoms with van der Waals surface area (Å²) in [6, 6.07) is 9.89. The second-order valence-corrected chi connectivity index (χ2v) is 10.2.